The molecule has 1 aliphatic heterocycles. The Kier molecular flexibility index (Phi) is 10.3. The van der Waals surface area contributed by atoms with E-state index in [1.807, 2.05) is 13.8 Å². The zero-order valence-corrected chi connectivity index (χ0v) is 34.2. The van der Waals surface area contributed by atoms with Crippen LogP contribution in [-0.4, -0.2) is 5.25 Å². The minimum Gasteiger partial charge on any atom is -0.310 e. The van der Waals surface area contributed by atoms with Crippen molar-refractivity contribution in [3.8, 4) is 11.1 Å². The second kappa shape index (κ2) is 16.0. The van der Waals surface area contributed by atoms with Crippen LogP contribution < -0.4 is 4.90 Å². The Labute approximate surface area is 342 Å². The van der Waals surface area contributed by atoms with Crippen molar-refractivity contribution in [2.24, 2.45) is 0 Å². The van der Waals surface area contributed by atoms with Gasteiger partial charge in [-0.25, -0.2) is 0 Å². The first-order valence-electron chi connectivity index (χ1n) is 20.8. The number of rotatable bonds is 7. The maximum Gasteiger partial charge on any atom is 0.0551 e. The SMILES string of the molecule is C/C=C\C(=C/CC)c1ccc(N(c2ccc3c4ccccc4c4ccccc4c3c2)c2ccc3c(c2-c2ccc4ccccc4c2)SC2C=CCCC32)cc1.CC. The van der Waals surface area contributed by atoms with Crippen molar-refractivity contribution in [1.82, 2.24) is 0 Å². The van der Waals surface area contributed by atoms with Gasteiger partial charge in [-0.1, -0.05) is 160 Å². The van der Waals surface area contributed by atoms with Crippen LogP contribution in [0.1, 0.15) is 64.0 Å². The largest absolute Gasteiger partial charge is 0.310 e. The van der Waals surface area contributed by atoms with Gasteiger partial charge in [-0.05, 0) is 128 Å². The van der Waals surface area contributed by atoms with Crippen LogP contribution >= 0.6 is 11.8 Å². The van der Waals surface area contributed by atoms with E-state index < -0.39 is 0 Å². The van der Waals surface area contributed by atoms with E-state index in [0.717, 1.165) is 24.2 Å². The zero-order valence-electron chi connectivity index (χ0n) is 33.4. The summed E-state index contributed by atoms with van der Waals surface area (Å²) in [6.07, 6.45) is 14.9. The van der Waals surface area contributed by atoms with Crippen molar-refractivity contribution in [1.29, 1.82) is 0 Å². The van der Waals surface area contributed by atoms with Gasteiger partial charge in [-0.15, -0.1) is 11.8 Å². The lowest BCUT2D eigenvalue weighted by molar-refractivity contribution is 0.634. The predicted molar refractivity (Wildman–Crippen MR) is 252 cm³/mol. The smallest absolute Gasteiger partial charge is 0.0551 e. The molecule has 0 saturated heterocycles. The van der Waals surface area contributed by atoms with Crippen LogP contribution in [0.25, 0.3) is 59.8 Å². The Bertz CT molecular complexity index is 2820. The van der Waals surface area contributed by atoms with Crippen LogP contribution in [0, 0.1) is 0 Å². The summed E-state index contributed by atoms with van der Waals surface area (Å²) in [4.78, 5) is 3.95. The molecule has 10 rings (SSSR count). The average molecular weight is 756 g/mol. The van der Waals surface area contributed by atoms with Crippen LogP contribution in [0.15, 0.2) is 181 Å². The molecule has 1 aliphatic carbocycles. The minimum absolute atomic E-state index is 0.474. The maximum absolute atomic E-state index is 2.52. The van der Waals surface area contributed by atoms with Gasteiger partial charge in [0.15, 0.2) is 0 Å². The summed E-state index contributed by atoms with van der Waals surface area (Å²) >= 11 is 2.06. The zero-order chi connectivity index (χ0) is 38.9. The summed E-state index contributed by atoms with van der Waals surface area (Å²) in [5.74, 6) is 0.543. The molecule has 8 aromatic rings. The molecule has 0 bridgehead atoms. The summed E-state index contributed by atoms with van der Waals surface area (Å²) in [5.41, 5.74) is 10.1. The Balaban J connectivity index is 0.00000208. The van der Waals surface area contributed by atoms with Gasteiger partial charge in [0.1, 0.15) is 0 Å². The molecular formula is C55H49NS. The maximum atomic E-state index is 2.52. The highest BCUT2D eigenvalue weighted by atomic mass is 32.2. The monoisotopic (exact) mass is 755 g/mol. The van der Waals surface area contributed by atoms with Gasteiger partial charge in [0.25, 0.3) is 0 Å². The van der Waals surface area contributed by atoms with E-state index in [-0.39, 0.29) is 0 Å². The van der Waals surface area contributed by atoms with Gasteiger partial charge in [0, 0.05) is 33.0 Å². The third-order valence-corrected chi connectivity index (χ3v) is 13.1. The van der Waals surface area contributed by atoms with Gasteiger partial charge in [0.05, 0.1) is 5.69 Å². The van der Waals surface area contributed by atoms with Gasteiger partial charge in [0.2, 0.25) is 0 Å². The van der Waals surface area contributed by atoms with Gasteiger partial charge in [-0.2, -0.15) is 0 Å². The topological polar surface area (TPSA) is 3.24 Å². The second-order valence-corrected chi connectivity index (χ2v) is 16.1. The normalized spacial score (nSPS) is 16.2. The molecule has 0 radical (unpaired) electrons. The first-order chi connectivity index (χ1) is 28.2. The molecule has 2 atom stereocenters. The van der Waals surface area contributed by atoms with Crippen molar-refractivity contribution in [2.45, 2.75) is 63.0 Å². The standard InChI is InChI=1S/C53H43NS.C2H6/c1-3-13-35(14-4-2)37-25-27-40(28-26-37)54(41-29-30-46-44-19-8-7-17-42(44)43-18-9-10-20-45(43)49(46)34-41)50-32-31-48-47-21-11-12-22-51(47)55-53(48)52(50)39-24-23-36-15-5-6-16-38(36)33-39;1-2/h3,5-10,12-20,22-34,47,51H,4,11,21H2,1-2H3;1-2H3/b13-3-,35-14+;. The van der Waals surface area contributed by atoms with E-state index in [4.69, 9.17) is 0 Å². The van der Waals surface area contributed by atoms with Crippen molar-refractivity contribution in [3.05, 3.63) is 187 Å². The fourth-order valence-electron chi connectivity index (χ4n) is 9.16. The quantitative estimate of drug-likeness (QED) is 0.0905. The van der Waals surface area contributed by atoms with Crippen LogP contribution in [0.2, 0.25) is 0 Å². The van der Waals surface area contributed by atoms with Gasteiger partial charge < -0.3 is 4.90 Å². The molecule has 2 heteroatoms. The molecule has 280 valence electrons. The number of allylic oxidation sites excluding steroid dienone is 5. The number of anilines is 3. The molecule has 0 spiro atoms. The second-order valence-electron chi connectivity index (χ2n) is 14.9. The summed E-state index contributed by atoms with van der Waals surface area (Å²) in [6, 6.07) is 54.8. The van der Waals surface area contributed by atoms with Crippen LogP contribution in [0.3, 0.4) is 0 Å². The van der Waals surface area contributed by atoms with Crippen molar-refractivity contribution < 1.29 is 0 Å². The molecule has 1 nitrogen and oxygen atoms in total. The minimum atomic E-state index is 0.474. The first-order valence-corrected chi connectivity index (χ1v) is 21.6. The highest BCUT2D eigenvalue weighted by Crippen LogP contribution is 2.57. The lowest BCUT2D eigenvalue weighted by Gasteiger charge is -2.30. The fourth-order valence-corrected chi connectivity index (χ4v) is 10.8. The number of hydrogen-bond acceptors (Lipinski definition) is 2. The Hall–Kier alpha value is -5.83. The summed E-state index contributed by atoms with van der Waals surface area (Å²) < 4.78 is 0. The molecule has 0 fully saturated rings. The molecule has 0 aromatic heterocycles. The van der Waals surface area contributed by atoms with E-state index in [2.05, 4.69) is 206 Å². The Morgan fingerprint density at radius 3 is 2.02 bits per heavy atom. The van der Waals surface area contributed by atoms with E-state index >= 15 is 0 Å². The van der Waals surface area contributed by atoms with Crippen molar-refractivity contribution in [2.75, 3.05) is 4.90 Å². The molecule has 2 unspecified atom stereocenters. The molecule has 57 heavy (non-hydrogen) atoms. The fraction of sp³-hybridized carbons (Fsp3) is 0.164. The van der Waals surface area contributed by atoms with Crippen LogP contribution in [0.4, 0.5) is 17.1 Å². The predicted octanol–water partition coefficient (Wildman–Crippen LogP) is 16.7. The number of thioether (sulfide) groups is 1. The molecule has 0 amide bonds. The first kappa shape index (κ1) is 36.8. The van der Waals surface area contributed by atoms with Crippen molar-refractivity contribution in [3.63, 3.8) is 0 Å². The Morgan fingerprint density at radius 2 is 1.32 bits per heavy atom. The number of nitrogens with zero attached hydrogens (tertiary/aromatic N) is 1. The Morgan fingerprint density at radius 1 is 0.667 bits per heavy atom. The van der Waals surface area contributed by atoms with Crippen molar-refractivity contribution >= 4 is 77.5 Å². The summed E-state index contributed by atoms with van der Waals surface area (Å²) in [6.45, 7) is 8.30. The highest BCUT2D eigenvalue weighted by molar-refractivity contribution is 8.00. The molecule has 0 saturated carbocycles. The van der Waals surface area contributed by atoms with Gasteiger partial charge in [-0.3, -0.25) is 0 Å². The van der Waals surface area contributed by atoms with Crippen LogP contribution in [0.5, 0.6) is 0 Å². The number of benzene rings is 8. The lowest BCUT2D eigenvalue weighted by atomic mass is 9.85. The molecule has 1 heterocycles. The molecule has 0 N–H and O–H groups in total. The van der Waals surface area contributed by atoms with Crippen LogP contribution in [-0.2, 0) is 0 Å². The highest BCUT2D eigenvalue weighted by Gasteiger charge is 2.36. The molecular weight excluding hydrogens is 707 g/mol. The van der Waals surface area contributed by atoms with E-state index in [0.29, 0.717) is 11.2 Å². The third kappa shape index (κ3) is 6.56. The van der Waals surface area contributed by atoms with E-state index in [1.165, 1.54) is 87.9 Å². The summed E-state index contributed by atoms with van der Waals surface area (Å²) in [7, 11) is 0. The third-order valence-electron chi connectivity index (χ3n) is 11.7. The number of hydrogen-bond donors (Lipinski definition) is 0. The van der Waals surface area contributed by atoms with E-state index in [1.54, 1.807) is 0 Å². The van der Waals surface area contributed by atoms with Gasteiger partial charge >= 0.3 is 0 Å². The molecule has 2 aliphatic rings. The van der Waals surface area contributed by atoms with E-state index in [9.17, 15) is 0 Å². The lowest BCUT2D eigenvalue weighted by Crippen LogP contribution is -2.13. The summed E-state index contributed by atoms with van der Waals surface area (Å²) in [5, 5.41) is 10.7. The number of fused-ring (bicyclic) bond motifs is 10. The molecule has 8 aromatic carbocycles. The average Bonchev–Trinajstić information content (AvgIpc) is 3.66.